The summed E-state index contributed by atoms with van der Waals surface area (Å²) in [4.78, 5) is 63.6. The summed E-state index contributed by atoms with van der Waals surface area (Å²) in [5.74, 6) is -2.10. The van der Waals surface area contributed by atoms with Gasteiger partial charge in [-0.05, 0) is 75.8 Å². The molecule has 0 spiro atoms. The van der Waals surface area contributed by atoms with Gasteiger partial charge in [0.1, 0.15) is 29.5 Å². The number of thioether (sulfide) groups is 1. The summed E-state index contributed by atoms with van der Waals surface area (Å²) in [5.41, 5.74) is -0.379. The molecule has 4 N–H and O–H groups in total. The normalized spacial score (nSPS) is 14.2. The lowest BCUT2D eigenvalue weighted by Gasteiger charge is -2.27. The van der Waals surface area contributed by atoms with Gasteiger partial charge in [-0.3, -0.25) is 14.4 Å². The summed E-state index contributed by atoms with van der Waals surface area (Å²) >= 11 is 1.47. The highest BCUT2D eigenvalue weighted by atomic mass is 32.2. The predicted molar refractivity (Wildman–Crippen MR) is 154 cm³/mol. The second-order valence-corrected chi connectivity index (χ2v) is 11.4. The maximum absolute atomic E-state index is 13.3. The minimum atomic E-state index is -1.22. The first-order chi connectivity index (χ1) is 18.7. The van der Waals surface area contributed by atoms with Crippen LogP contribution in [0.5, 0.6) is 5.75 Å². The molecule has 0 saturated heterocycles. The predicted octanol–water partition coefficient (Wildman–Crippen LogP) is 3.40. The van der Waals surface area contributed by atoms with Gasteiger partial charge in [0.25, 0.3) is 0 Å². The van der Waals surface area contributed by atoms with E-state index in [4.69, 9.17) is 9.47 Å². The molecule has 0 radical (unpaired) electrons. The van der Waals surface area contributed by atoms with Crippen LogP contribution in [0, 0.1) is 5.92 Å². The van der Waals surface area contributed by atoms with E-state index >= 15 is 0 Å². The fraction of sp³-hybridized carbons (Fsp3) is 0.607. The minimum absolute atomic E-state index is 0.0863. The van der Waals surface area contributed by atoms with Crippen molar-refractivity contribution in [2.75, 3.05) is 19.1 Å². The van der Waals surface area contributed by atoms with Crippen LogP contribution in [0.25, 0.3) is 0 Å². The van der Waals surface area contributed by atoms with Crippen molar-refractivity contribution in [2.45, 2.75) is 84.0 Å². The molecule has 0 fully saturated rings. The number of alkyl carbamates (subject to hydrolysis) is 1. The Bertz CT molecular complexity index is 1010. The Morgan fingerprint density at radius 2 is 1.52 bits per heavy atom. The molecule has 1 aromatic carbocycles. The number of carbonyl (C=O) groups excluding carboxylic acids is 4. The number of amides is 3. The number of rotatable bonds is 16. The van der Waals surface area contributed by atoms with Crippen molar-refractivity contribution >= 4 is 41.4 Å². The number of ether oxygens (including phenoxy) is 2. The number of hydrogen-bond donors (Lipinski definition) is 4. The smallest absolute Gasteiger partial charge is 0.408 e. The van der Waals surface area contributed by atoms with E-state index in [2.05, 4.69) is 16.0 Å². The van der Waals surface area contributed by atoms with E-state index < -0.39 is 47.6 Å². The Labute approximate surface area is 240 Å². The molecule has 4 atom stereocenters. The van der Waals surface area contributed by atoms with E-state index in [1.165, 1.54) is 18.9 Å². The summed E-state index contributed by atoms with van der Waals surface area (Å²) in [5, 5.41) is 17.3. The van der Waals surface area contributed by atoms with Gasteiger partial charge in [-0.2, -0.15) is 11.8 Å². The minimum Gasteiger partial charge on any atom is -0.497 e. The van der Waals surface area contributed by atoms with Crippen LogP contribution in [0.1, 0.15) is 70.7 Å². The van der Waals surface area contributed by atoms with Gasteiger partial charge in [-0.15, -0.1) is 0 Å². The largest absolute Gasteiger partial charge is 0.497 e. The molecule has 11 nitrogen and oxygen atoms in total. The number of benzene rings is 1. The highest BCUT2D eigenvalue weighted by Gasteiger charge is 2.32. The lowest BCUT2D eigenvalue weighted by atomic mass is 9.97. The number of carboxylic acid groups (broad SMARTS) is 1. The average molecular weight is 582 g/mol. The molecule has 3 amide bonds. The van der Waals surface area contributed by atoms with E-state index in [1.54, 1.807) is 58.9 Å². The van der Waals surface area contributed by atoms with Gasteiger partial charge in [-0.1, -0.05) is 20.3 Å². The van der Waals surface area contributed by atoms with Gasteiger partial charge in [0.2, 0.25) is 11.8 Å². The van der Waals surface area contributed by atoms with Gasteiger partial charge >= 0.3 is 12.1 Å². The molecule has 0 bridgehead atoms. The first-order valence-electron chi connectivity index (χ1n) is 13.2. The zero-order valence-corrected chi connectivity index (χ0v) is 25.2. The standard InChI is InChI=1S/C28H43N3O8S/c1-8-17(2)23(26(35)36)31-25(34)20(13-14-22(32)18-9-11-19(38-6)12-10-18)29-24(33)21(15-16-40-7)30-27(37)39-28(3,4)5/h9-12,17,20-21,23H,8,13-16H2,1-7H3,(H,29,33)(H,30,37)(H,31,34)(H,35,36)/t17-,20-,21-,23-/m0/s1. The molecule has 12 heteroatoms. The number of Topliss-reactive ketones (excluding diaryl/α,β-unsaturated/α-hetero) is 1. The summed E-state index contributed by atoms with van der Waals surface area (Å²) in [6, 6.07) is 3.06. The van der Waals surface area contributed by atoms with Crippen molar-refractivity contribution < 1.29 is 38.6 Å². The zero-order valence-electron chi connectivity index (χ0n) is 24.4. The lowest BCUT2D eigenvalue weighted by molar-refractivity contribution is -0.143. The van der Waals surface area contributed by atoms with Crippen LogP contribution in [0.3, 0.4) is 0 Å². The van der Waals surface area contributed by atoms with Crippen LogP contribution in [0.2, 0.25) is 0 Å². The van der Waals surface area contributed by atoms with Crippen LogP contribution >= 0.6 is 11.8 Å². The molecule has 0 saturated carbocycles. The van der Waals surface area contributed by atoms with Crippen LogP contribution in [-0.2, 0) is 19.1 Å². The quantitative estimate of drug-likeness (QED) is 0.215. The number of ketones is 1. The van der Waals surface area contributed by atoms with Crippen molar-refractivity contribution in [1.82, 2.24) is 16.0 Å². The Kier molecular flexibility index (Phi) is 14.5. The first kappa shape index (κ1) is 34.7. The third-order valence-corrected chi connectivity index (χ3v) is 6.74. The summed E-state index contributed by atoms with van der Waals surface area (Å²) in [6.45, 7) is 8.58. The van der Waals surface area contributed by atoms with Gasteiger partial charge < -0.3 is 30.5 Å². The van der Waals surface area contributed by atoms with Crippen LogP contribution in [0.15, 0.2) is 24.3 Å². The lowest BCUT2D eigenvalue weighted by Crippen LogP contribution is -2.57. The van der Waals surface area contributed by atoms with Crippen molar-refractivity contribution in [2.24, 2.45) is 5.92 Å². The number of hydrogen-bond acceptors (Lipinski definition) is 8. The number of aliphatic carboxylic acids is 1. The number of nitrogens with one attached hydrogen (secondary N) is 3. The molecule has 0 aliphatic heterocycles. The molecule has 0 aliphatic rings. The van der Waals surface area contributed by atoms with Crippen molar-refractivity contribution in [3.63, 3.8) is 0 Å². The highest BCUT2D eigenvalue weighted by Crippen LogP contribution is 2.15. The Balaban J connectivity index is 3.15. The van der Waals surface area contributed by atoms with Crippen LogP contribution in [-0.4, -0.2) is 77.6 Å². The summed E-state index contributed by atoms with van der Waals surface area (Å²) in [7, 11) is 1.51. The molecule has 0 unspecified atom stereocenters. The van der Waals surface area contributed by atoms with E-state index in [-0.39, 0.29) is 31.0 Å². The fourth-order valence-corrected chi connectivity index (χ4v) is 4.10. The van der Waals surface area contributed by atoms with E-state index in [0.717, 1.165) is 0 Å². The van der Waals surface area contributed by atoms with E-state index in [0.29, 0.717) is 23.5 Å². The van der Waals surface area contributed by atoms with Gasteiger partial charge in [0, 0.05) is 12.0 Å². The molecular formula is C28H43N3O8S. The third kappa shape index (κ3) is 12.3. The van der Waals surface area contributed by atoms with Crippen LogP contribution in [0.4, 0.5) is 4.79 Å². The second kappa shape index (κ2) is 16.7. The molecule has 1 aromatic rings. The molecule has 0 heterocycles. The Hall–Kier alpha value is -3.28. The molecule has 0 aliphatic carbocycles. The highest BCUT2D eigenvalue weighted by molar-refractivity contribution is 7.98. The first-order valence-corrected chi connectivity index (χ1v) is 14.6. The van der Waals surface area contributed by atoms with Gasteiger partial charge in [0.05, 0.1) is 7.11 Å². The monoisotopic (exact) mass is 581 g/mol. The molecule has 1 rings (SSSR count). The topological polar surface area (TPSA) is 160 Å². The SMILES string of the molecule is CC[C@H](C)[C@H](NC(=O)[C@H](CCC(=O)c1ccc(OC)cc1)NC(=O)[C@H](CCSC)NC(=O)OC(C)(C)C)C(=O)O. The number of carboxylic acids is 1. The fourth-order valence-electron chi connectivity index (χ4n) is 3.63. The maximum Gasteiger partial charge on any atom is 0.408 e. The van der Waals surface area contributed by atoms with Crippen molar-refractivity contribution in [3.05, 3.63) is 29.8 Å². The molecule has 40 heavy (non-hydrogen) atoms. The maximum atomic E-state index is 13.3. The van der Waals surface area contributed by atoms with Crippen molar-refractivity contribution in [3.8, 4) is 5.75 Å². The van der Waals surface area contributed by atoms with E-state index in [9.17, 15) is 29.1 Å². The second-order valence-electron chi connectivity index (χ2n) is 10.4. The van der Waals surface area contributed by atoms with Gasteiger partial charge in [-0.25, -0.2) is 9.59 Å². The number of methoxy groups -OCH3 is 1. The molecule has 0 aromatic heterocycles. The Morgan fingerprint density at radius 1 is 0.950 bits per heavy atom. The van der Waals surface area contributed by atoms with Gasteiger partial charge in [0.15, 0.2) is 5.78 Å². The zero-order chi connectivity index (χ0) is 30.5. The van der Waals surface area contributed by atoms with E-state index in [1.807, 2.05) is 6.26 Å². The third-order valence-electron chi connectivity index (χ3n) is 6.10. The molecule has 224 valence electrons. The van der Waals surface area contributed by atoms with Crippen LogP contribution < -0.4 is 20.7 Å². The Morgan fingerprint density at radius 3 is 2.02 bits per heavy atom. The summed E-state index contributed by atoms with van der Waals surface area (Å²) in [6.07, 6.45) is 1.64. The molecular weight excluding hydrogens is 538 g/mol. The number of carbonyl (C=O) groups is 5. The van der Waals surface area contributed by atoms with Crippen molar-refractivity contribution in [1.29, 1.82) is 0 Å². The average Bonchev–Trinajstić information content (AvgIpc) is 2.89. The summed E-state index contributed by atoms with van der Waals surface area (Å²) < 4.78 is 10.4.